The summed E-state index contributed by atoms with van der Waals surface area (Å²) in [5, 5.41) is 0. The Morgan fingerprint density at radius 1 is 0.615 bits per heavy atom. The number of halogens is 2. The zero-order valence-electron chi connectivity index (χ0n) is 21.9. The molecule has 2 aliphatic carbocycles. The Balaban J connectivity index is 0.00000176. The molecule has 3 aromatic rings. The van der Waals surface area contributed by atoms with Crippen LogP contribution in [-0.4, -0.2) is 37.0 Å². The lowest BCUT2D eigenvalue weighted by Gasteiger charge is -2.17. The largest absolute Gasteiger partial charge is 0.485 e. The number of hydrogen-bond acceptors (Lipinski definition) is 5. The highest BCUT2D eigenvalue weighted by Crippen LogP contribution is 2.53. The van der Waals surface area contributed by atoms with Gasteiger partial charge in [0.25, 0.3) is 0 Å². The number of benzene rings is 2. The van der Waals surface area contributed by atoms with Gasteiger partial charge in [-0.25, -0.2) is 0 Å². The highest BCUT2D eigenvalue weighted by atomic mass is 35.5. The summed E-state index contributed by atoms with van der Waals surface area (Å²) < 4.78 is 12.2. The van der Waals surface area contributed by atoms with Crippen molar-refractivity contribution in [3.05, 3.63) is 59.7 Å². The maximum absolute atomic E-state index is 6.32. The van der Waals surface area contributed by atoms with Gasteiger partial charge >= 0.3 is 0 Å². The molecule has 0 radical (unpaired) electrons. The zero-order valence-corrected chi connectivity index (χ0v) is 24.4. The van der Waals surface area contributed by atoms with Crippen molar-refractivity contribution < 1.29 is 9.47 Å². The Morgan fingerprint density at radius 3 is 1.33 bits per heavy atom. The summed E-state index contributed by atoms with van der Waals surface area (Å²) in [7, 11) is 0. The maximum atomic E-state index is 6.32. The van der Waals surface area contributed by atoms with Gasteiger partial charge in [-0.1, -0.05) is 74.2 Å². The number of fused-ring (bicyclic) bond motifs is 1. The smallest absolute Gasteiger partial charge is 0.180 e. The molecule has 1 aromatic heterocycles. The van der Waals surface area contributed by atoms with Crippen molar-refractivity contribution in [2.75, 3.05) is 13.2 Å². The Labute approximate surface area is 246 Å². The molecule has 4 N–H and O–H groups in total. The normalized spacial score (nSPS) is 18.1. The van der Waals surface area contributed by atoms with Crippen LogP contribution in [-0.2, 0) is 0 Å². The number of rotatable bonds is 6. The molecule has 1 aliphatic heterocycles. The van der Waals surface area contributed by atoms with E-state index in [2.05, 4.69) is 48.5 Å². The lowest BCUT2D eigenvalue weighted by atomic mass is 10.1. The molecule has 0 spiro atoms. The van der Waals surface area contributed by atoms with Crippen LogP contribution >= 0.6 is 36.2 Å². The molecule has 6 nitrogen and oxygen atoms in total. The van der Waals surface area contributed by atoms with Gasteiger partial charge in [0, 0.05) is 11.1 Å². The summed E-state index contributed by atoms with van der Waals surface area (Å²) in [5.41, 5.74) is 16.7. The fraction of sp³-hybridized carbons (Fsp3) is 0.400. The van der Waals surface area contributed by atoms with Gasteiger partial charge in [0.2, 0.25) is 0 Å². The fourth-order valence-electron chi connectivity index (χ4n) is 5.52. The average molecular weight is 588 g/mol. The zero-order chi connectivity index (χ0) is 25.2. The van der Waals surface area contributed by atoms with Crippen molar-refractivity contribution in [2.24, 2.45) is 21.5 Å². The third-order valence-electron chi connectivity index (χ3n) is 7.58. The van der Waals surface area contributed by atoms with Gasteiger partial charge in [-0.3, -0.25) is 9.98 Å². The van der Waals surface area contributed by atoms with Crippen LogP contribution < -0.4 is 20.9 Å². The van der Waals surface area contributed by atoms with Gasteiger partial charge in [0.15, 0.2) is 11.5 Å². The highest BCUT2D eigenvalue weighted by molar-refractivity contribution is 7.19. The van der Waals surface area contributed by atoms with E-state index in [1.54, 1.807) is 11.3 Å². The van der Waals surface area contributed by atoms with Crippen LogP contribution in [0.3, 0.4) is 0 Å². The maximum Gasteiger partial charge on any atom is 0.180 e. The fourth-order valence-corrected chi connectivity index (χ4v) is 6.73. The van der Waals surface area contributed by atoms with E-state index in [9.17, 15) is 0 Å². The second kappa shape index (κ2) is 13.1. The number of ether oxygens (including phenoxy) is 2. The van der Waals surface area contributed by atoms with E-state index < -0.39 is 0 Å². The van der Waals surface area contributed by atoms with Gasteiger partial charge in [-0.2, -0.15) is 0 Å². The number of nitrogens with two attached hydrogens (primary N) is 2. The van der Waals surface area contributed by atoms with Crippen molar-refractivity contribution in [3.63, 3.8) is 0 Å². The molecule has 6 rings (SSSR count). The van der Waals surface area contributed by atoms with Crippen LogP contribution in [0.25, 0.3) is 20.9 Å². The summed E-state index contributed by atoms with van der Waals surface area (Å²) in [6.07, 6.45) is 9.55. The van der Waals surface area contributed by atoms with Gasteiger partial charge in [0.1, 0.15) is 24.9 Å². The lowest BCUT2D eigenvalue weighted by molar-refractivity contribution is 0.175. The molecule has 0 amide bonds. The molecule has 0 saturated heterocycles. The number of nitrogens with zero attached hydrogens (tertiary/aromatic N) is 2. The minimum Gasteiger partial charge on any atom is -0.485 e. The Bertz CT molecular complexity index is 1210. The first kappa shape index (κ1) is 29.2. The molecule has 2 saturated carbocycles. The van der Waals surface area contributed by atoms with Crippen LogP contribution in [0.5, 0.6) is 11.5 Å². The van der Waals surface area contributed by atoms with Crippen molar-refractivity contribution in [1.29, 1.82) is 0 Å². The molecule has 3 aliphatic rings. The van der Waals surface area contributed by atoms with Crippen molar-refractivity contribution >= 4 is 47.8 Å². The first-order valence-electron chi connectivity index (χ1n) is 13.5. The van der Waals surface area contributed by atoms with Crippen LogP contribution in [0.4, 0.5) is 0 Å². The van der Waals surface area contributed by atoms with Crippen molar-refractivity contribution in [3.8, 4) is 32.4 Å². The summed E-state index contributed by atoms with van der Waals surface area (Å²) in [5.74, 6) is 2.89. The van der Waals surface area contributed by atoms with Crippen LogP contribution in [0.1, 0.15) is 62.5 Å². The molecular formula is C30H36Cl2N4O2S. The van der Waals surface area contributed by atoms with Crippen molar-refractivity contribution in [1.82, 2.24) is 0 Å². The Morgan fingerprint density at radius 2 is 0.974 bits per heavy atom. The standard InChI is InChI=1S/C30H34N4O2S.2ClH/c31-29(33-23-5-1-2-6-23)21-13-9-19(10-14-21)27-25-26(36-18-17-35-25)28(37-27)20-11-15-22(16-12-20)30(32)34-24-7-3-4-8-24;;/h9-16,23-24H,1-8,17-18H2,(H2,31,33)(H2,32,34);2*1H. The third-order valence-corrected chi connectivity index (χ3v) is 8.83. The van der Waals surface area contributed by atoms with E-state index in [0.29, 0.717) is 37.0 Å². The number of hydrogen-bond donors (Lipinski definition) is 2. The summed E-state index contributed by atoms with van der Waals surface area (Å²) in [6.45, 7) is 1.09. The first-order valence-corrected chi connectivity index (χ1v) is 14.3. The van der Waals surface area contributed by atoms with Crippen molar-refractivity contribution in [2.45, 2.75) is 63.5 Å². The third kappa shape index (κ3) is 6.37. The van der Waals surface area contributed by atoms with E-state index in [-0.39, 0.29) is 24.8 Å². The molecule has 2 heterocycles. The van der Waals surface area contributed by atoms with E-state index in [4.69, 9.17) is 30.9 Å². The van der Waals surface area contributed by atoms with E-state index in [1.807, 2.05) is 0 Å². The second-order valence-electron chi connectivity index (χ2n) is 10.2. The molecular weight excluding hydrogens is 551 g/mol. The molecule has 208 valence electrons. The lowest BCUT2D eigenvalue weighted by Crippen LogP contribution is -2.16. The average Bonchev–Trinajstić information content (AvgIpc) is 3.71. The predicted molar refractivity (Wildman–Crippen MR) is 167 cm³/mol. The molecule has 0 bridgehead atoms. The molecule has 2 fully saturated rings. The second-order valence-corrected chi connectivity index (χ2v) is 11.2. The predicted octanol–water partition coefficient (Wildman–Crippen LogP) is 6.99. The van der Waals surface area contributed by atoms with Crippen LogP contribution in [0, 0.1) is 0 Å². The number of aliphatic imine (C=N–C) groups is 2. The molecule has 39 heavy (non-hydrogen) atoms. The molecule has 0 unspecified atom stereocenters. The Hall–Kier alpha value is -2.74. The quantitative estimate of drug-likeness (QED) is 0.240. The van der Waals surface area contributed by atoms with E-state index in [0.717, 1.165) is 69.2 Å². The number of amidine groups is 2. The van der Waals surface area contributed by atoms with Gasteiger partial charge in [0.05, 0.1) is 21.8 Å². The molecule has 0 atom stereocenters. The summed E-state index contributed by atoms with van der Waals surface area (Å²) >= 11 is 1.69. The highest BCUT2D eigenvalue weighted by Gasteiger charge is 2.26. The van der Waals surface area contributed by atoms with Gasteiger partial charge in [-0.15, -0.1) is 36.2 Å². The Kier molecular flexibility index (Phi) is 9.81. The topological polar surface area (TPSA) is 95.2 Å². The minimum absolute atomic E-state index is 0. The number of thiophene rings is 1. The first-order chi connectivity index (χ1) is 18.2. The van der Waals surface area contributed by atoms with Gasteiger partial charge < -0.3 is 20.9 Å². The summed E-state index contributed by atoms with van der Waals surface area (Å²) in [4.78, 5) is 11.6. The van der Waals surface area contributed by atoms with Gasteiger partial charge in [-0.05, 0) is 36.8 Å². The molecule has 9 heteroatoms. The SMILES string of the molecule is Cl.Cl.NC(=NC1CCCC1)c1ccc(-c2sc(-c3ccc(C(N)=NC4CCCC4)cc3)c3c2OCCO3)cc1. The monoisotopic (exact) mass is 586 g/mol. The van der Waals surface area contributed by atoms with E-state index >= 15 is 0 Å². The molecule has 2 aromatic carbocycles. The minimum atomic E-state index is 0. The van der Waals surface area contributed by atoms with E-state index in [1.165, 1.54) is 25.7 Å². The van der Waals surface area contributed by atoms with Crippen LogP contribution in [0.15, 0.2) is 58.5 Å². The van der Waals surface area contributed by atoms with Crippen LogP contribution in [0.2, 0.25) is 0 Å². The summed E-state index contributed by atoms with van der Waals surface area (Å²) in [6, 6.07) is 17.4.